The molecule has 2 N–H and O–H groups in total. The standard InChI is InChI=1S/C15H25N3O4S2/c1-5-22-12-6-8-13(9-7-12)24(20,21)17-14(10-11-23-4)15(19)16-18(2)3/h6-9,14,17H,5,10-11H2,1-4H3,(H,16,19)/t14-/m0/s1. The Hall–Kier alpha value is -1.29. The molecule has 1 atom stereocenters. The zero-order chi connectivity index (χ0) is 18.2. The van der Waals surface area contributed by atoms with Crippen LogP contribution in [-0.4, -0.2) is 58.1 Å². The molecule has 1 aromatic rings. The van der Waals surface area contributed by atoms with E-state index in [0.717, 1.165) is 0 Å². The van der Waals surface area contributed by atoms with Gasteiger partial charge in [-0.3, -0.25) is 10.2 Å². The lowest BCUT2D eigenvalue weighted by molar-refractivity contribution is -0.126. The molecular weight excluding hydrogens is 350 g/mol. The zero-order valence-electron chi connectivity index (χ0n) is 14.4. The molecule has 1 aromatic carbocycles. The van der Waals surface area contributed by atoms with Crippen LogP contribution in [0.15, 0.2) is 29.2 Å². The fourth-order valence-electron chi connectivity index (χ4n) is 1.91. The fraction of sp³-hybridized carbons (Fsp3) is 0.533. The molecule has 7 nitrogen and oxygen atoms in total. The van der Waals surface area contributed by atoms with Crippen LogP contribution in [0.1, 0.15) is 13.3 Å². The van der Waals surface area contributed by atoms with Crippen molar-refractivity contribution in [2.75, 3.05) is 32.7 Å². The predicted octanol–water partition coefficient (Wildman–Crippen LogP) is 1.08. The number of rotatable bonds is 10. The monoisotopic (exact) mass is 375 g/mol. The molecule has 0 saturated carbocycles. The summed E-state index contributed by atoms with van der Waals surface area (Å²) in [7, 11) is -0.454. The van der Waals surface area contributed by atoms with Gasteiger partial charge in [0.05, 0.1) is 11.5 Å². The van der Waals surface area contributed by atoms with E-state index in [4.69, 9.17) is 4.74 Å². The van der Waals surface area contributed by atoms with E-state index in [2.05, 4.69) is 10.1 Å². The lowest BCUT2D eigenvalue weighted by Gasteiger charge is -2.20. The lowest BCUT2D eigenvalue weighted by Crippen LogP contribution is -2.50. The minimum absolute atomic E-state index is 0.0951. The first-order valence-electron chi connectivity index (χ1n) is 7.52. The van der Waals surface area contributed by atoms with Crippen molar-refractivity contribution < 1.29 is 17.9 Å². The van der Waals surface area contributed by atoms with E-state index < -0.39 is 16.1 Å². The van der Waals surface area contributed by atoms with E-state index >= 15 is 0 Å². The SMILES string of the molecule is CCOc1ccc(S(=O)(=O)N[C@@H](CCSC)C(=O)NN(C)C)cc1. The average Bonchev–Trinajstić information content (AvgIpc) is 2.51. The molecule has 0 saturated heterocycles. The predicted molar refractivity (Wildman–Crippen MR) is 96.5 cm³/mol. The Kier molecular flexibility index (Phi) is 8.54. The third-order valence-electron chi connectivity index (χ3n) is 3.00. The topological polar surface area (TPSA) is 87.7 Å². The van der Waals surface area contributed by atoms with Crippen LogP contribution in [-0.2, 0) is 14.8 Å². The van der Waals surface area contributed by atoms with Gasteiger partial charge in [-0.2, -0.15) is 16.5 Å². The van der Waals surface area contributed by atoms with E-state index in [0.29, 0.717) is 24.5 Å². The summed E-state index contributed by atoms with van der Waals surface area (Å²) < 4.78 is 32.8. The number of hydrazine groups is 1. The number of hydrogen-bond donors (Lipinski definition) is 2. The maximum absolute atomic E-state index is 12.5. The number of carbonyl (C=O) groups excluding carboxylic acids is 1. The van der Waals surface area contributed by atoms with Crippen molar-refractivity contribution in [3.05, 3.63) is 24.3 Å². The van der Waals surface area contributed by atoms with E-state index in [1.54, 1.807) is 38.0 Å². The summed E-state index contributed by atoms with van der Waals surface area (Å²) in [4.78, 5) is 12.3. The second-order valence-corrected chi connectivity index (χ2v) is 7.93. The molecule has 0 aliphatic heterocycles. The number of benzene rings is 1. The molecule has 136 valence electrons. The van der Waals surface area contributed by atoms with Crippen LogP contribution in [0.4, 0.5) is 0 Å². The third kappa shape index (κ3) is 6.68. The molecule has 0 aliphatic rings. The molecule has 0 fully saturated rings. The Balaban J connectivity index is 2.90. The Morgan fingerprint density at radius 3 is 2.42 bits per heavy atom. The molecule has 0 aliphatic carbocycles. The molecular formula is C15H25N3O4S2. The summed E-state index contributed by atoms with van der Waals surface area (Å²) in [5.41, 5.74) is 2.59. The summed E-state index contributed by atoms with van der Waals surface area (Å²) in [6, 6.07) is 5.27. The lowest BCUT2D eigenvalue weighted by atomic mass is 10.2. The number of hydrogen-bond acceptors (Lipinski definition) is 6. The van der Waals surface area contributed by atoms with Crippen molar-refractivity contribution >= 4 is 27.7 Å². The highest BCUT2D eigenvalue weighted by molar-refractivity contribution is 7.98. The number of nitrogens with one attached hydrogen (secondary N) is 2. The first kappa shape index (κ1) is 20.8. The van der Waals surface area contributed by atoms with Gasteiger partial charge in [0.1, 0.15) is 11.8 Å². The molecule has 0 bridgehead atoms. The van der Waals surface area contributed by atoms with Crippen LogP contribution in [0.25, 0.3) is 0 Å². The zero-order valence-corrected chi connectivity index (χ0v) is 16.0. The number of nitrogens with zero attached hydrogens (tertiary/aromatic N) is 1. The van der Waals surface area contributed by atoms with Crippen LogP contribution in [0.5, 0.6) is 5.75 Å². The van der Waals surface area contributed by atoms with Gasteiger partial charge in [0.2, 0.25) is 10.0 Å². The Morgan fingerprint density at radius 2 is 1.92 bits per heavy atom. The second kappa shape index (κ2) is 9.87. The van der Waals surface area contributed by atoms with Gasteiger partial charge in [-0.25, -0.2) is 13.4 Å². The summed E-state index contributed by atoms with van der Waals surface area (Å²) in [5, 5.41) is 1.49. The second-order valence-electron chi connectivity index (χ2n) is 5.23. The van der Waals surface area contributed by atoms with Gasteiger partial charge in [-0.1, -0.05) is 0 Å². The van der Waals surface area contributed by atoms with Gasteiger partial charge < -0.3 is 4.74 Å². The van der Waals surface area contributed by atoms with Crippen LogP contribution in [0, 0.1) is 0 Å². The van der Waals surface area contributed by atoms with Crippen molar-refractivity contribution in [2.45, 2.75) is 24.3 Å². The van der Waals surface area contributed by atoms with Crippen LogP contribution < -0.4 is 14.9 Å². The van der Waals surface area contributed by atoms with Crippen molar-refractivity contribution in [1.29, 1.82) is 0 Å². The summed E-state index contributed by atoms with van der Waals surface area (Å²) in [6.07, 6.45) is 2.30. The van der Waals surface area contributed by atoms with Crippen LogP contribution in [0.3, 0.4) is 0 Å². The van der Waals surface area contributed by atoms with Crippen LogP contribution >= 0.6 is 11.8 Å². The molecule has 9 heteroatoms. The van der Waals surface area contributed by atoms with Crippen molar-refractivity contribution in [3.8, 4) is 5.75 Å². The van der Waals surface area contributed by atoms with Crippen molar-refractivity contribution in [1.82, 2.24) is 15.2 Å². The minimum atomic E-state index is -3.80. The molecule has 0 aromatic heterocycles. The number of sulfonamides is 1. The van der Waals surface area contributed by atoms with Gasteiger partial charge >= 0.3 is 0 Å². The van der Waals surface area contributed by atoms with E-state index in [1.807, 2.05) is 13.2 Å². The van der Waals surface area contributed by atoms with Gasteiger partial charge in [0, 0.05) is 14.1 Å². The maximum atomic E-state index is 12.5. The third-order valence-corrected chi connectivity index (χ3v) is 5.13. The highest BCUT2D eigenvalue weighted by Gasteiger charge is 2.25. The molecule has 1 amide bonds. The Labute approximate surface area is 148 Å². The van der Waals surface area contributed by atoms with Gasteiger partial charge in [0.25, 0.3) is 5.91 Å². The van der Waals surface area contributed by atoms with E-state index in [1.165, 1.54) is 17.1 Å². The van der Waals surface area contributed by atoms with Gasteiger partial charge in [0.15, 0.2) is 0 Å². The number of carbonyl (C=O) groups is 1. The highest BCUT2D eigenvalue weighted by atomic mass is 32.2. The molecule has 1 rings (SSSR count). The highest BCUT2D eigenvalue weighted by Crippen LogP contribution is 2.16. The number of thioether (sulfide) groups is 1. The normalized spacial score (nSPS) is 12.9. The molecule has 0 spiro atoms. The van der Waals surface area contributed by atoms with E-state index in [-0.39, 0.29) is 10.8 Å². The largest absolute Gasteiger partial charge is 0.494 e. The molecule has 0 heterocycles. The average molecular weight is 376 g/mol. The summed E-state index contributed by atoms with van der Waals surface area (Å²) in [5.74, 6) is 0.876. The molecule has 24 heavy (non-hydrogen) atoms. The maximum Gasteiger partial charge on any atom is 0.252 e. The number of ether oxygens (including phenoxy) is 1. The van der Waals surface area contributed by atoms with E-state index in [9.17, 15) is 13.2 Å². The summed E-state index contributed by atoms with van der Waals surface area (Å²) in [6.45, 7) is 2.36. The Morgan fingerprint density at radius 1 is 1.29 bits per heavy atom. The smallest absolute Gasteiger partial charge is 0.252 e. The minimum Gasteiger partial charge on any atom is -0.494 e. The first-order valence-corrected chi connectivity index (χ1v) is 10.4. The van der Waals surface area contributed by atoms with Gasteiger partial charge in [-0.15, -0.1) is 0 Å². The Bertz CT molecular complexity index is 618. The van der Waals surface area contributed by atoms with Crippen molar-refractivity contribution in [2.24, 2.45) is 0 Å². The van der Waals surface area contributed by atoms with Crippen molar-refractivity contribution in [3.63, 3.8) is 0 Å². The number of amides is 1. The quantitative estimate of drug-likeness (QED) is 0.595. The fourth-order valence-corrected chi connectivity index (χ4v) is 3.62. The summed E-state index contributed by atoms with van der Waals surface area (Å²) >= 11 is 1.55. The molecule has 0 unspecified atom stereocenters. The molecule has 0 radical (unpaired) electrons. The van der Waals surface area contributed by atoms with Gasteiger partial charge in [-0.05, 0) is 49.6 Å². The first-order chi connectivity index (χ1) is 11.3. The van der Waals surface area contributed by atoms with Crippen LogP contribution in [0.2, 0.25) is 0 Å².